The third-order valence-corrected chi connectivity index (χ3v) is 4.43. The van der Waals surface area contributed by atoms with Crippen LogP contribution in [0.25, 0.3) is 10.9 Å². The second-order valence-electron chi connectivity index (χ2n) is 6.18. The van der Waals surface area contributed by atoms with Crippen molar-refractivity contribution in [2.24, 2.45) is 14.1 Å². The molecule has 9 nitrogen and oxygen atoms in total. The normalized spacial score (nSPS) is 10.9. The molecule has 2 aromatic heterocycles. The minimum Gasteiger partial charge on any atom is -0.453 e. The van der Waals surface area contributed by atoms with Crippen molar-refractivity contribution in [1.29, 1.82) is 0 Å². The van der Waals surface area contributed by atoms with Gasteiger partial charge in [0.1, 0.15) is 17.1 Å². The van der Waals surface area contributed by atoms with Gasteiger partial charge in [0, 0.05) is 25.0 Å². The molecular formula is C18H18N4O5. The van der Waals surface area contributed by atoms with E-state index in [0.29, 0.717) is 0 Å². The monoisotopic (exact) mass is 370 g/mol. The summed E-state index contributed by atoms with van der Waals surface area (Å²) >= 11 is 0. The van der Waals surface area contributed by atoms with Crippen molar-refractivity contribution >= 4 is 28.5 Å². The molecule has 0 saturated carbocycles. The van der Waals surface area contributed by atoms with Crippen molar-refractivity contribution in [1.82, 2.24) is 14.1 Å². The highest BCUT2D eigenvalue weighted by molar-refractivity contribution is 6.02. The molecule has 0 aliphatic rings. The average Bonchev–Trinajstić information content (AvgIpc) is 3.09. The maximum Gasteiger partial charge on any atom is 0.355 e. The molecule has 0 fully saturated rings. The van der Waals surface area contributed by atoms with E-state index >= 15 is 0 Å². The first kappa shape index (κ1) is 18.2. The Morgan fingerprint density at radius 2 is 1.89 bits per heavy atom. The van der Waals surface area contributed by atoms with Crippen LogP contribution in [0.4, 0.5) is 5.82 Å². The molecule has 3 N–H and O–H groups in total. The molecule has 0 aliphatic carbocycles. The van der Waals surface area contributed by atoms with E-state index in [2.05, 4.69) is 4.98 Å². The maximum atomic E-state index is 12.4. The molecule has 9 heteroatoms. The van der Waals surface area contributed by atoms with Crippen molar-refractivity contribution < 1.29 is 14.3 Å². The molecule has 0 saturated heterocycles. The lowest BCUT2D eigenvalue weighted by atomic mass is 10.1. The summed E-state index contributed by atoms with van der Waals surface area (Å²) in [5.41, 5.74) is 5.79. The zero-order valence-corrected chi connectivity index (χ0v) is 15.0. The van der Waals surface area contributed by atoms with Crippen molar-refractivity contribution in [3.05, 3.63) is 61.9 Å². The van der Waals surface area contributed by atoms with Crippen LogP contribution in [-0.4, -0.2) is 32.5 Å². The largest absolute Gasteiger partial charge is 0.453 e. The number of nitrogens with one attached hydrogen (secondary N) is 1. The Hall–Kier alpha value is -3.62. The molecule has 1 aromatic carbocycles. The highest BCUT2D eigenvalue weighted by atomic mass is 16.5. The van der Waals surface area contributed by atoms with E-state index in [1.165, 1.54) is 14.1 Å². The third kappa shape index (κ3) is 3.03. The molecule has 0 unspecified atom stereocenters. The van der Waals surface area contributed by atoms with E-state index in [0.717, 1.165) is 25.6 Å². The number of ether oxygens (including phenoxy) is 1. The van der Waals surface area contributed by atoms with Gasteiger partial charge in [-0.15, -0.1) is 0 Å². The fraction of sp³-hybridized carbons (Fsp3) is 0.222. The summed E-state index contributed by atoms with van der Waals surface area (Å²) in [6.07, 6.45) is 0. The summed E-state index contributed by atoms with van der Waals surface area (Å²) in [4.78, 5) is 51.5. The van der Waals surface area contributed by atoms with Crippen LogP contribution in [0.2, 0.25) is 0 Å². The van der Waals surface area contributed by atoms with E-state index in [-0.39, 0.29) is 17.1 Å². The van der Waals surface area contributed by atoms with Gasteiger partial charge in [-0.2, -0.15) is 0 Å². The SMILES string of the molecule is Cc1cccc2[nH]c(C(=O)OCC(=O)c3c(N)n(C)c(=O)n(C)c3=O)cc12. The molecule has 0 spiro atoms. The molecule has 0 amide bonds. The Morgan fingerprint density at radius 1 is 1.19 bits per heavy atom. The number of Topliss-reactive ketones (excluding diaryl/α,β-unsaturated/α-hetero) is 1. The van der Waals surface area contributed by atoms with Gasteiger partial charge in [0.15, 0.2) is 6.61 Å². The smallest absolute Gasteiger partial charge is 0.355 e. The van der Waals surface area contributed by atoms with Crippen LogP contribution in [0.5, 0.6) is 0 Å². The molecule has 27 heavy (non-hydrogen) atoms. The van der Waals surface area contributed by atoms with Gasteiger partial charge in [0.2, 0.25) is 5.78 Å². The number of nitrogens with two attached hydrogens (primary N) is 1. The molecule has 3 rings (SSSR count). The van der Waals surface area contributed by atoms with Crippen LogP contribution in [0, 0.1) is 6.92 Å². The quantitative estimate of drug-likeness (QED) is 0.508. The predicted molar refractivity (Wildman–Crippen MR) is 99.0 cm³/mol. The average molecular weight is 370 g/mol. The number of fused-ring (bicyclic) bond motifs is 1. The number of hydrogen-bond acceptors (Lipinski definition) is 6. The molecule has 2 heterocycles. The first-order valence-corrected chi connectivity index (χ1v) is 8.06. The second-order valence-corrected chi connectivity index (χ2v) is 6.18. The van der Waals surface area contributed by atoms with Crippen molar-refractivity contribution in [3.63, 3.8) is 0 Å². The number of carbonyl (C=O) groups is 2. The number of esters is 1. The summed E-state index contributed by atoms with van der Waals surface area (Å²) in [6.45, 7) is 1.23. The molecule has 0 bridgehead atoms. The van der Waals surface area contributed by atoms with Crippen LogP contribution in [-0.2, 0) is 18.8 Å². The third-order valence-electron chi connectivity index (χ3n) is 4.43. The number of nitrogen functional groups attached to an aromatic ring is 1. The van der Waals surface area contributed by atoms with Crippen LogP contribution in [0.15, 0.2) is 33.9 Å². The predicted octanol–water partition coefficient (Wildman–Crippen LogP) is 0.496. The summed E-state index contributed by atoms with van der Waals surface area (Å²) < 4.78 is 6.78. The van der Waals surface area contributed by atoms with Crippen LogP contribution < -0.4 is 17.0 Å². The first-order chi connectivity index (χ1) is 12.7. The second kappa shape index (κ2) is 6.60. The fourth-order valence-electron chi connectivity index (χ4n) is 2.82. The highest BCUT2D eigenvalue weighted by Gasteiger charge is 2.22. The molecular weight excluding hydrogens is 352 g/mol. The Bertz CT molecular complexity index is 1200. The Morgan fingerprint density at radius 3 is 2.56 bits per heavy atom. The number of hydrogen-bond donors (Lipinski definition) is 2. The Kier molecular flexibility index (Phi) is 4.44. The summed E-state index contributed by atoms with van der Waals surface area (Å²) in [6, 6.07) is 7.22. The number of carbonyl (C=O) groups excluding carboxylic acids is 2. The minimum atomic E-state index is -0.835. The van der Waals surface area contributed by atoms with Gasteiger partial charge in [-0.25, -0.2) is 9.59 Å². The molecule has 140 valence electrons. The van der Waals surface area contributed by atoms with Gasteiger partial charge in [-0.05, 0) is 24.6 Å². The van der Waals surface area contributed by atoms with Gasteiger partial charge in [0.05, 0.1) is 0 Å². The number of aryl methyl sites for hydroxylation is 1. The number of anilines is 1. The number of rotatable bonds is 4. The zero-order valence-electron chi connectivity index (χ0n) is 15.0. The number of nitrogens with zero attached hydrogens (tertiary/aromatic N) is 2. The number of aromatic nitrogens is 3. The topological polar surface area (TPSA) is 129 Å². The van der Waals surface area contributed by atoms with Crippen LogP contribution in [0.1, 0.15) is 26.4 Å². The van der Waals surface area contributed by atoms with Gasteiger partial charge >= 0.3 is 11.7 Å². The Balaban J connectivity index is 1.83. The Labute approximate surface area is 153 Å². The van der Waals surface area contributed by atoms with Gasteiger partial charge < -0.3 is 15.5 Å². The maximum absolute atomic E-state index is 12.4. The van der Waals surface area contributed by atoms with Gasteiger partial charge in [-0.3, -0.25) is 18.7 Å². The van der Waals surface area contributed by atoms with Crippen LogP contribution >= 0.6 is 0 Å². The van der Waals surface area contributed by atoms with E-state index in [1.54, 1.807) is 6.07 Å². The summed E-state index contributed by atoms with van der Waals surface area (Å²) in [5.74, 6) is -1.80. The van der Waals surface area contributed by atoms with E-state index in [1.807, 2.05) is 25.1 Å². The molecule has 0 radical (unpaired) electrons. The lowest BCUT2D eigenvalue weighted by Gasteiger charge is -2.10. The number of ketones is 1. The zero-order chi connectivity index (χ0) is 19.9. The van der Waals surface area contributed by atoms with Crippen LogP contribution in [0.3, 0.4) is 0 Å². The first-order valence-electron chi connectivity index (χ1n) is 8.06. The minimum absolute atomic E-state index is 0.188. The van der Waals surface area contributed by atoms with E-state index in [9.17, 15) is 19.2 Å². The fourth-order valence-corrected chi connectivity index (χ4v) is 2.82. The number of H-pyrrole nitrogens is 1. The van der Waals surface area contributed by atoms with E-state index in [4.69, 9.17) is 10.5 Å². The summed E-state index contributed by atoms with van der Waals surface area (Å²) in [5, 5.41) is 0.868. The van der Waals surface area contributed by atoms with E-state index < -0.39 is 29.6 Å². The lowest BCUT2D eigenvalue weighted by Crippen LogP contribution is -2.42. The molecule has 0 atom stereocenters. The van der Waals surface area contributed by atoms with Gasteiger partial charge in [0.25, 0.3) is 5.56 Å². The molecule has 3 aromatic rings. The standard InChI is InChI=1S/C18H18N4O5/c1-9-5-4-6-11-10(9)7-12(20-11)17(25)27-8-13(23)14-15(19)21(2)18(26)22(3)16(14)24/h4-7,20H,8,19H2,1-3H3. The van der Waals surface area contributed by atoms with Gasteiger partial charge in [-0.1, -0.05) is 12.1 Å². The van der Waals surface area contributed by atoms with Crippen molar-refractivity contribution in [2.75, 3.05) is 12.3 Å². The number of aromatic amines is 1. The lowest BCUT2D eigenvalue weighted by molar-refractivity contribution is 0.0469. The summed E-state index contributed by atoms with van der Waals surface area (Å²) in [7, 11) is 2.58. The number of benzene rings is 1. The van der Waals surface area contributed by atoms with Crippen molar-refractivity contribution in [3.8, 4) is 0 Å². The highest BCUT2D eigenvalue weighted by Crippen LogP contribution is 2.19. The molecule has 0 aliphatic heterocycles. The van der Waals surface area contributed by atoms with Crippen molar-refractivity contribution in [2.45, 2.75) is 6.92 Å².